The number of nitrogens with zero attached hydrogens (tertiary/aromatic N) is 2. The maximum atomic E-state index is 4.77. The van der Waals surface area contributed by atoms with Crippen molar-refractivity contribution in [2.45, 2.75) is 75.7 Å². The van der Waals surface area contributed by atoms with Crippen molar-refractivity contribution in [3.63, 3.8) is 0 Å². The topological polar surface area (TPSA) is 29.9 Å². The fourth-order valence-electron chi connectivity index (χ4n) is 3.65. The quantitative estimate of drug-likeness (QED) is 0.866. The molecule has 1 N–H and O–H groups in total. The first-order chi connectivity index (χ1) is 9.86. The molecule has 0 spiro atoms. The van der Waals surface area contributed by atoms with E-state index >= 15 is 0 Å². The van der Waals surface area contributed by atoms with E-state index in [-0.39, 0.29) is 0 Å². The number of aromatic nitrogens is 2. The van der Waals surface area contributed by atoms with Gasteiger partial charge in [-0.1, -0.05) is 26.2 Å². The molecule has 2 atom stereocenters. The number of hydrogen-bond donors (Lipinski definition) is 1. The molecule has 2 fully saturated rings. The van der Waals surface area contributed by atoms with Gasteiger partial charge >= 0.3 is 0 Å². The van der Waals surface area contributed by atoms with Gasteiger partial charge in [0.05, 0.1) is 11.7 Å². The highest BCUT2D eigenvalue weighted by molar-refractivity contribution is 7.99. The number of hydrogen-bond acceptors (Lipinski definition) is 3. The highest BCUT2D eigenvalue weighted by atomic mass is 32.2. The molecule has 3 rings (SSSR count). The molecular weight excluding hydrogens is 266 g/mol. The molecule has 112 valence electrons. The summed E-state index contributed by atoms with van der Waals surface area (Å²) in [6, 6.07) is 3.55. The Morgan fingerprint density at radius 1 is 1.25 bits per heavy atom. The van der Waals surface area contributed by atoms with E-state index in [4.69, 9.17) is 5.10 Å². The second-order valence-electron chi connectivity index (χ2n) is 6.14. The van der Waals surface area contributed by atoms with Crippen molar-refractivity contribution < 1.29 is 0 Å². The van der Waals surface area contributed by atoms with Crippen LogP contribution >= 0.6 is 11.8 Å². The first kappa shape index (κ1) is 14.5. The fraction of sp³-hybridized carbons (Fsp3) is 0.812. The molecule has 2 saturated carbocycles. The molecule has 0 aliphatic heterocycles. The number of rotatable bonds is 6. The van der Waals surface area contributed by atoms with Crippen molar-refractivity contribution in [2.24, 2.45) is 0 Å². The summed E-state index contributed by atoms with van der Waals surface area (Å²) in [5.41, 5.74) is 1.21. The van der Waals surface area contributed by atoms with Gasteiger partial charge in [-0.2, -0.15) is 16.9 Å². The molecule has 2 unspecified atom stereocenters. The molecule has 0 saturated heterocycles. The van der Waals surface area contributed by atoms with Crippen LogP contribution in [0.4, 0.5) is 0 Å². The molecule has 1 aromatic heterocycles. The van der Waals surface area contributed by atoms with Crippen LogP contribution in [0.1, 0.15) is 63.6 Å². The summed E-state index contributed by atoms with van der Waals surface area (Å²) in [6.45, 7) is 3.20. The first-order valence-corrected chi connectivity index (χ1v) is 9.30. The van der Waals surface area contributed by atoms with Crippen molar-refractivity contribution in [1.29, 1.82) is 0 Å². The largest absolute Gasteiger partial charge is 0.307 e. The van der Waals surface area contributed by atoms with Gasteiger partial charge in [0.2, 0.25) is 0 Å². The first-order valence-electron chi connectivity index (χ1n) is 8.26. The minimum absolute atomic E-state index is 0.665. The van der Waals surface area contributed by atoms with Gasteiger partial charge in [-0.25, -0.2) is 0 Å². The highest BCUT2D eigenvalue weighted by Crippen LogP contribution is 2.30. The summed E-state index contributed by atoms with van der Waals surface area (Å²) in [6.07, 6.45) is 11.6. The zero-order valence-corrected chi connectivity index (χ0v) is 13.4. The van der Waals surface area contributed by atoms with E-state index in [2.05, 4.69) is 40.9 Å². The van der Waals surface area contributed by atoms with Gasteiger partial charge in [0.25, 0.3) is 0 Å². The lowest BCUT2D eigenvalue weighted by molar-refractivity contribution is 0.456. The summed E-state index contributed by atoms with van der Waals surface area (Å²) in [5, 5.41) is 9.33. The second kappa shape index (κ2) is 6.99. The van der Waals surface area contributed by atoms with Gasteiger partial charge in [0.15, 0.2) is 0 Å². The van der Waals surface area contributed by atoms with Gasteiger partial charge in [-0.15, -0.1) is 0 Å². The summed E-state index contributed by atoms with van der Waals surface area (Å²) < 4.78 is 2.21. The molecule has 0 bridgehead atoms. The molecule has 20 heavy (non-hydrogen) atoms. The van der Waals surface area contributed by atoms with Crippen LogP contribution in [0.3, 0.4) is 0 Å². The van der Waals surface area contributed by atoms with E-state index in [0.717, 1.165) is 11.8 Å². The van der Waals surface area contributed by atoms with E-state index in [1.54, 1.807) is 0 Å². The monoisotopic (exact) mass is 293 g/mol. The molecular formula is C16H27N3S. The molecule has 3 nitrogen and oxygen atoms in total. The molecule has 0 radical (unpaired) electrons. The van der Waals surface area contributed by atoms with Crippen LogP contribution in [0.2, 0.25) is 0 Å². The summed E-state index contributed by atoms with van der Waals surface area (Å²) in [5.74, 6) is 1.24. The number of thioether (sulfide) groups is 1. The normalized spacial score (nSPS) is 27.4. The standard InChI is InChI=1S/C16H27N3S/c1-2-20-16-9-5-8-15(16)17-12-13-10-11-19(18-13)14-6-3-4-7-14/h10-11,14-17H,2-9,12H2,1H3. The maximum absolute atomic E-state index is 4.77. The van der Waals surface area contributed by atoms with Crippen LogP contribution in [-0.4, -0.2) is 26.8 Å². The van der Waals surface area contributed by atoms with Crippen molar-refractivity contribution >= 4 is 11.8 Å². The van der Waals surface area contributed by atoms with E-state index in [1.807, 2.05) is 0 Å². The third-order valence-electron chi connectivity index (χ3n) is 4.74. The average molecular weight is 293 g/mol. The lowest BCUT2D eigenvalue weighted by Gasteiger charge is -2.19. The van der Waals surface area contributed by atoms with Crippen LogP contribution in [0.15, 0.2) is 12.3 Å². The van der Waals surface area contributed by atoms with E-state index in [1.165, 1.54) is 56.4 Å². The van der Waals surface area contributed by atoms with Crippen LogP contribution in [0.25, 0.3) is 0 Å². The van der Waals surface area contributed by atoms with E-state index in [0.29, 0.717) is 12.1 Å². The lowest BCUT2D eigenvalue weighted by Crippen LogP contribution is -2.33. The summed E-state index contributed by atoms with van der Waals surface area (Å²) in [7, 11) is 0. The molecule has 2 aliphatic rings. The predicted molar refractivity (Wildman–Crippen MR) is 86.1 cm³/mol. The van der Waals surface area contributed by atoms with Crippen molar-refractivity contribution in [3.05, 3.63) is 18.0 Å². The van der Waals surface area contributed by atoms with Crippen LogP contribution in [0, 0.1) is 0 Å². The maximum Gasteiger partial charge on any atom is 0.0762 e. The van der Waals surface area contributed by atoms with E-state index in [9.17, 15) is 0 Å². The van der Waals surface area contributed by atoms with E-state index < -0.39 is 0 Å². The average Bonchev–Trinajstić information content (AvgIpc) is 3.18. The Kier molecular flexibility index (Phi) is 5.05. The Morgan fingerprint density at radius 3 is 2.90 bits per heavy atom. The van der Waals surface area contributed by atoms with Crippen molar-refractivity contribution in [3.8, 4) is 0 Å². The molecule has 0 amide bonds. The van der Waals surface area contributed by atoms with Gasteiger partial charge in [-0.05, 0) is 37.5 Å². The Bertz CT molecular complexity index is 412. The second-order valence-corrected chi connectivity index (χ2v) is 7.65. The minimum atomic E-state index is 0.665. The zero-order chi connectivity index (χ0) is 13.8. The van der Waals surface area contributed by atoms with Gasteiger partial charge in [0.1, 0.15) is 0 Å². The lowest BCUT2D eigenvalue weighted by atomic mass is 10.2. The Balaban J connectivity index is 1.50. The van der Waals surface area contributed by atoms with Gasteiger partial charge in [-0.3, -0.25) is 4.68 Å². The molecule has 1 aromatic rings. The molecule has 2 aliphatic carbocycles. The van der Waals surface area contributed by atoms with Crippen molar-refractivity contribution in [2.75, 3.05) is 5.75 Å². The van der Waals surface area contributed by atoms with Gasteiger partial charge < -0.3 is 5.32 Å². The molecule has 1 heterocycles. The number of nitrogens with one attached hydrogen (secondary N) is 1. The van der Waals surface area contributed by atoms with Gasteiger partial charge in [0, 0.05) is 24.0 Å². The SMILES string of the molecule is CCSC1CCCC1NCc1ccn(C2CCCC2)n1. The molecule has 4 heteroatoms. The predicted octanol–water partition coefficient (Wildman–Crippen LogP) is 3.76. The van der Waals surface area contributed by atoms with Crippen molar-refractivity contribution in [1.82, 2.24) is 15.1 Å². The van der Waals surface area contributed by atoms with Crippen LogP contribution in [-0.2, 0) is 6.54 Å². The summed E-state index contributed by atoms with van der Waals surface area (Å²) >= 11 is 2.12. The molecule has 0 aromatic carbocycles. The van der Waals surface area contributed by atoms with Crippen LogP contribution < -0.4 is 5.32 Å². The third kappa shape index (κ3) is 3.40. The fourth-order valence-corrected chi connectivity index (χ4v) is 4.88. The minimum Gasteiger partial charge on any atom is -0.307 e. The Labute approximate surface area is 126 Å². The highest BCUT2D eigenvalue weighted by Gasteiger charge is 2.26. The smallest absolute Gasteiger partial charge is 0.0762 e. The Morgan fingerprint density at radius 2 is 2.10 bits per heavy atom. The third-order valence-corrected chi connectivity index (χ3v) is 6.07. The zero-order valence-electron chi connectivity index (χ0n) is 12.6. The Hall–Kier alpha value is -0.480. The van der Waals surface area contributed by atoms with Crippen LogP contribution in [0.5, 0.6) is 0 Å². The summed E-state index contributed by atoms with van der Waals surface area (Å²) in [4.78, 5) is 0.